The van der Waals surface area contributed by atoms with Crippen LogP contribution in [-0.4, -0.2) is 16.6 Å². The lowest BCUT2D eigenvalue weighted by atomic mass is 10.1. The highest BCUT2D eigenvalue weighted by molar-refractivity contribution is 6.32. The molecule has 14 heavy (non-hydrogen) atoms. The Labute approximate surface area is 93.2 Å². The van der Waals surface area contributed by atoms with Gasteiger partial charge in [0.2, 0.25) is 0 Å². The smallest absolute Gasteiger partial charge is 0.165 e. The number of hydrogen-bond acceptors (Lipinski definition) is 2. The maximum absolute atomic E-state index is 11.6. The molecular formula is C10H11Cl2NO. The molecule has 0 atom stereocenters. The van der Waals surface area contributed by atoms with Gasteiger partial charge >= 0.3 is 0 Å². The van der Waals surface area contributed by atoms with Crippen molar-refractivity contribution in [1.29, 1.82) is 0 Å². The molecule has 0 unspecified atom stereocenters. The highest BCUT2D eigenvalue weighted by atomic mass is 35.5. The minimum Gasteiger partial charge on any atom is -0.294 e. The summed E-state index contributed by atoms with van der Waals surface area (Å²) in [4.78, 5) is 15.4. The van der Waals surface area contributed by atoms with Crippen molar-refractivity contribution in [2.45, 2.75) is 19.3 Å². The Kier molecular flexibility index (Phi) is 4.91. The third kappa shape index (κ3) is 3.28. The van der Waals surface area contributed by atoms with Gasteiger partial charge in [0.25, 0.3) is 0 Å². The van der Waals surface area contributed by atoms with Gasteiger partial charge in [-0.05, 0) is 25.0 Å². The molecule has 0 spiro atoms. The van der Waals surface area contributed by atoms with E-state index in [2.05, 4.69) is 4.98 Å². The second-order valence-electron chi connectivity index (χ2n) is 2.91. The van der Waals surface area contributed by atoms with Crippen LogP contribution in [0.3, 0.4) is 0 Å². The van der Waals surface area contributed by atoms with Crippen molar-refractivity contribution < 1.29 is 4.79 Å². The SMILES string of the molecule is O=C(CCCCCl)c1cccnc1Cl. The van der Waals surface area contributed by atoms with Crippen LogP contribution in [0.1, 0.15) is 29.6 Å². The van der Waals surface area contributed by atoms with Crippen LogP contribution >= 0.6 is 23.2 Å². The van der Waals surface area contributed by atoms with Gasteiger partial charge in [0.1, 0.15) is 5.15 Å². The van der Waals surface area contributed by atoms with Gasteiger partial charge in [0.15, 0.2) is 5.78 Å². The summed E-state index contributed by atoms with van der Waals surface area (Å²) in [6, 6.07) is 3.40. The maximum Gasteiger partial charge on any atom is 0.165 e. The van der Waals surface area contributed by atoms with E-state index in [1.165, 1.54) is 0 Å². The monoisotopic (exact) mass is 231 g/mol. The fraction of sp³-hybridized carbons (Fsp3) is 0.400. The Morgan fingerprint density at radius 1 is 1.43 bits per heavy atom. The summed E-state index contributed by atoms with van der Waals surface area (Å²) in [6.07, 6.45) is 3.70. The van der Waals surface area contributed by atoms with Crippen LogP contribution in [0.5, 0.6) is 0 Å². The van der Waals surface area contributed by atoms with Crippen LogP contribution in [0.25, 0.3) is 0 Å². The van der Waals surface area contributed by atoms with E-state index in [1.807, 2.05) is 0 Å². The van der Waals surface area contributed by atoms with E-state index in [-0.39, 0.29) is 10.9 Å². The van der Waals surface area contributed by atoms with E-state index < -0.39 is 0 Å². The van der Waals surface area contributed by atoms with Crippen LogP contribution in [0, 0.1) is 0 Å². The zero-order valence-electron chi connectivity index (χ0n) is 7.67. The normalized spacial score (nSPS) is 10.1. The van der Waals surface area contributed by atoms with Gasteiger partial charge in [0.05, 0.1) is 5.56 Å². The zero-order chi connectivity index (χ0) is 10.4. The fourth-order valence-corrected chi connectivity index (χ4v) is 1.52. The van der Waals surface area contributed by atoms with Crippen molar-refractivity contribution in [1.82, 2.24) is 4.98 Å². The number of pyridine rings is 1. The predicted molar refractivity (Wildman–Crippen MR) is 58.1 cm³/mol. The van der Waals surface area contributed by atoms with E-state index >= 15 is 0 Å². The molecule has 1 aromatic rings. The highest BCUT2D eigenvalue weighted by Gasteiger charge is 2.09. The van der Waals surface area contributed by atoms with Gasteiger partial charge in [0, 0.05) is 18.5 Å². The van der Waals surface area contributed by atoms with E-state index in [0.29, 0.717) is 17.9 Å². The molecule has 76 valence electrons. The summed E-state index contributed by atoms with van der Waals surface area (Å²) in [5, 5.41) is 0.281. The van der Waals surface area contributed by atoms with E-state index in [0.717, 1.165) is 12.8 Å². The first-order valence-corrected chi connectivity index (χ1v) is 5.36. The van der Waals surface area contributed by atoms with Crippen LogP contribution < -0.4 is 0 Å². The third-order valence-electron chi connectivity index (χ3n) is 1.85. The molecule has 0 aliphatic heterocycles. The van der Waals surface area contributed by atoms with Crippen molar-refractivity contribution in [2.75, 3.05) is 5.88 Å². The van der Waals surface area contributed by atoms with Crippen molar-refractivity contribution in [3.63, 3.8) is 0 Å². The largest absolute Gasteiger partial charge is 0.294 e. The van der Waals surface area contributed by atoms with Crippen molar-refractivity contribution in [2.24, 2.45) is 0 Å². The average Bonchev–Trinajstić information content (AvgIpc) is 2.18. The standard InChI is InChI=1S/C10H11Cl2NO/c11-6-2-1-5-9(14)8-4-3-7-13-10(8)12/h3-4,7H,1-2,5-6H2. The van der Waals surface area contributed by atoms with Crippen molar-refractivity contribution in [3.05, 3.63) is 29.0 Å². The first-order chi connectivity index (χ1) is 6.75. The topological polar surface area (TPSA) is 30.0 Å². The second-order valence-corrected chi connectivity index (χ2v) is 3.65. The summed E-state index contributed by atoms with van der Waals surface area (Å²) < 4.78 is 0. The number of alkyl halides is 1. The first-order valence-electron chi connectivity index (χ1n) is 4.45. The first kappa shape index (κ1) is 11.5. The molecule has 0 fully saturated rings. The van der Waals surface area contributed by atoms with Gasteiger partial charge in [-0.25, -0.2) is 4.98 Å². The summed E-state index contributed by atoms with van der Waals surface area (Å²) in [5.74, 6) is 0.627. The number of unbranched alkanes of at least 4 members (excludes halogenated alkanes) is 1. The molecule has 0 saturated carbocycles. The van der Waals surface area contributed by atoms with Gasteiger partial charge in [-0.3, -0.25) is 4.79 Å². The minimum atomic E-state index is 0.0354. The molecule has 0 N–H and O–H groups in total. The number of hydrogen-bond donors (Lipinski definition) is 0. The molecule has 1 heterocycles. The van der Waals surface area contributed by atoms with Gasteiger partial charge in [-0.1, -0.05) is 11.6 Å². The molecule has 4 heteroatoms. The minimum absolute atomic E-state index is 0.0354. The molecule has 1 rings (SSSR count). The summed E-state index contributed by atoms with van der Waals surface area (Å²) >= 11 is 11.3. The molecule has 1 aromatic heterocycles. The number of carbonyl (C=O) groups is 1. The highest BCUT2D eigenvalue weighted by Crippen LogP contribution is 2.15. The Bertz CT molecular complexity index is 315. The molecule has 0 aliphatic rings. The molecule has 0 aromatic carbocycles. The lowest BCUT2D eigenvalue weighted by Crippen LogP contribution is -2.00. The fourth-order valence-electron chi connectivity index (χ4n) is 1.11. The van der Waals surface area contributed by atoms with E-state index in [4.69, 9.17) is 23.2 Å². The van der Waals surface area contributed by atoms with Gasteiger partial charge in [-0.15, -0.1) is 11.6 Å². The van der Waals surface area contributed by atoms with E-state index in [9.17, 15) is 4.79 Å². The Morgan fingerprint density at radius 3 is 2.86 bits per heavy atom. The average molecular weight is 232 g/mol. The number of ketones is 1. The van der Waals surface area contributed by atoms with Crippen molar-refractivity contribution in [3.8, 4) is 0 Å². The summed E-state index contributed by atoms with van der Waals surface area (Å²) in [6.45, 7) is 0. The second kappa shape index (κ2) is 5.99. The molecule has 0 bridgehead atoms. The zero-order valence-corrected chi connectivity index (χ0v) is 9.18. The van der Waals surface area contributed by atoms with Gasteiger partial charge < -0.3 is 0 Å². The quantitative estimate of drug-likeness (QED) is 0.337. The van der Waals surface area contributed by atoms with Crippen molar-refractivity contribution >= 4 is 29.0 Å². The number of carbonyl (C=O) groups excluding carboxylic acids is 1. The lowest BCUT2D eigenvalue weighted by Gasteiger charge is -2.01. The number of aromatic nitrogens is 1. The molecule has 0 saturated heterocycles. The maximum atomic E-state index is 11.6. The molecule has 2 nitrogen and oxygen atoms in total. The number of rotatable bonds is 5. The van der Waals surface area contributed by atoms with E-state index in [1.54, 1.807) is 18.3 Å². The number of Topliss-reactive ketones (excluding diaryl/α,β-unsaturated/α-hetero) is 1. The third-order valence-corrected chi connectivity index (χ3v) is 2.42. The molecule has 0 radical (unpaired) electrons. The van der Waals surface area contributed by atoms with Crippen LogP contribution in [0.4, 0.5) is 0 Å². The van der Waals surface area contributed by atoms with Crippen LogP contribution in [0.2, 0.25) is 5.15 Å². The van der Waals surface area contributed by atoms with Gasteiger partial charge in [-0.2, -0.15) is 0 Å². The van der Waals surface area contributed by atoms with Crippen LogP contribution in [0.15, 0.2) is 18.3 Å². The number of halogens is 2. The molecule has 0 amide bonds. The lowest BCUT2D eigenvalue weighted by molar-refractivity contribution is 0.0979. The Hall–Kier alpha value is -0.600. The van der Waals surface area contributed by atoms with Crippen LogP contribution in [-0.2, 0) is 0 Å². The predicted octanol–water partition coefficient (Wildman–Crippen LogP) is 3.33. The molecule has 0 aliphatic carbocycles. The number of nitrogens with zero attached hydrogens (tertiary/aromatic N) is 1. The summed E-state index contributed by atoms with van der Waals surface area (Å²) in [5.41, 5.74) is 0.503. The molecular weight excluding hydrogens is 221 g/mol. The Morgan fingerprint density at radius 2 is 2.21 bits per heavy atom. The summed E-state index contributed by atoms with van der Waals surface area (Å²) in [7, 11) is 0. The Balaban J connectivity index is 2.56.